The van der Waals surface area contributed by atoms with E-state index in [4.69, 9.17) is 5.21 Å². The largest absolute Gasteiger partial charge is 0.331 e. The molecule has 0 bridgehead atoms. The number of hydroxylamine groups is 1. The highest BCUT2D eigenvalue weighted by molar-refractivity contribution is 5.93. The van der Waals surface area contributed by atoms with Gasteiger partial charge < -0.3 is 0 Å². The highest BCUT2D eigenvalue weighted by atomic mass is 16.5. The second-order valence-electron chi connectivity index (χ2n) is 9.88. The number of carbonyl (C=O) groups is 1. The van der Waals surface area contributed by atoms with Crippen LogP contribution in [0.2, 0.25) is 0 Å². The fourth-order valence-corrected chi connectivity index (χ4v) is 5.16. The first kappa shape index (κ1) is 25.6. The number of fused-ring (bicyclic) bond motifs is 1. The summed E-state index contributed by atoms with van der Waals surface area (Å²) in [4.78, 5) is 41.0. The second kappa shape index (κ2) is 11.6. The number of piperidine rings is 1. The molecule has 1 aliphatic heterocycles. The minimum absolute atomic E-state index is 0.242. The molecule has 0 radical (unpaired) electrons. The smallest absolute Gasteiger partial charge is 0.299 e. The zero-order chi connectivity index (χ0) is 26.5. The number of hydrogen-bond acceptors (Lipinski definition) is 5. The van der Waals surface area contributed by atoms with Crippen molar-refractivity contribution < 1.29 is 10.0 Å². The average Bonchev–Trinajstić information content (AvgIpc) is 2.96. The van der Waals surface area contributed by atoms with Crippen LogP contribution in [0.5, 0.6) is 0 Å². The molecule has 5 rings (SSSR count). The van der Waals surface area contributed by atoms with Crippen molar-refractivity contribution >= 4 is 16.8 Å². The van der Waals surface area contributed by atoms with Gasteiger partial charge >= 0.3 is 5.69 Å². The molecule has 1 amide bonds. The number of carbonyl (C=O) groups excluding carboxylic acids is 1. The van der Waals surface area contributed by atoms with Gasteiger partial charge in [-0.3, -0.25) is 28.8 Å². The van der Waals surface area contributed by atoms with E-state index in [0.717, 1.165) is 30.8 Å². The molecule has 0 aliphatic carbocycles. The van der Waals surface area contributed by atoms with Crippen LogP contribution in [-0.2, 0) is 26.1 Å². The SMILES string of the molecule is O=C(NO)c1ccc(Cn2c(=O)n(CCc3ccc(CN4CCCCC4)cc3)c(=O)c3ccccc32)cc1. The summed E-state index contributed by atoms with van der Waals surface area (Å²) in [6.07, 6.45) is 4.42. The fraction of sp³-hybridized carbons (Fsp3) is 0.300. The summed E-state index contributed by atoms with van der Waals surface area (Å²) in [5.41, 5.74) is 4.98. The summed E-state index contributed by atoms with van der Waals surface area (Å²) in [7, 11) is 0. The number of nitrogens with zero attached hydrogens (tertiary/aromatic N) is 3. The zero-order valence-corrected chi connectivity index (χ0v) is 21.3. The van der Waals surface area contributed by atoms with Gasteiger partial charge in [0.15, 0.2) is 0 Å². The van der Waals surface area contributed by atoms with Gasteiger partial charge in [0.05, 0.1) is 17.4 Å². The Labute approximate surface area is 220 Å². The summed E-state index contributed by atoms with van der Waals surface area (Å²) in [5, 5.41) is 9.32. The molecule has 196 valence electrons. The monoisotopic (exact) mass is 512 g/mol. The van der Waals surface area contributed by atoms with Crippen LogP contribution in [0.15, 0.2) is 82.4 Å². The highest BCUT2D eigenvalue weighted by Gasteiger charge is 2.14. The number of nitrogens with one attached hydrogen (secondary N) is 1. The van der Waals surface area contributed by atoms with Crippen molar-refractivity contribution in [1.82, 2.24) is 19.5 Å². The van der Waals surface area contributed by atoms with Gasteiger partial charge in [-0.05, 0) is 73.3 Å². The topological polar surface area (TPSA) is 96.6 Å². The molecule has 4 aromatic rings. The first-order valence-corrected chi connectivity index (χ1v) is 13.1. The van der Waals surface area contributed by atoms with Crippen molar-refractivity contribution in [2.75, 3.05) is 13.1 Å². The van der Waals surface area contributed by atoms with E-state index in [1.165, 1.54) is 29.4 Å². The number of rotatable bonds is 8. The van der Waals surface area contributed by atoms with Crippen LogP contribution in [0, 0.1) is 0 Å². The molecule has 2 N–H and O–H groups in total. The lowest BCUT2D eigenvalue weighted by Gasteiger charge is -2.26. The van der Waals surface area contributed by atoms with Gasteiger partial charge in [-0.25, -0.2) is 10.3 Å². The molecule has 8 nitrogen and oxygen atoms in total. The number of aryl methyl sites for hydroxylation is 1. The number of para-hydroxylation sites is 1. The van der Waals surface area contributed by atoms with Gasteiger partial charge in [0.25, 0.3) is 11.5 Å². The number of amides is 1. The molecular weight excluding hydrogens is 480 g/mol. The van der Waals surface area contributed by atoms with Crippen molar-refractivity contribution in [2.45, 2.75) is 45.3 Å². The van der Waals surface area contributed by atoms with Crippen LogP contribution >= 0.6 is 0 Å². The third-order valence-electron chi connectivity index (χ3n) is 7.29. The van der Waals surface area contributed by atoms with Crippen molar-refractivity contribution in [1.29, 1.82) is 0 Å². The fourth-order valence-electron chi connectivity index (χ4n) is 5.16. The molecule has 3 aromatic carbocycles. The molecule has 0 saturated carbocycles. The van der Waals surface area contributed by atoms with Crippen LogP contribution in [0.3, 0.4) is 0 Å². The second-order valence-corrected chi connectivity index (χ2v) is 9.88. The molecule has 1 fully saturated rings. The molecule has 1 aliphatic rings. The maximum Gasteiger partial charge on any atom is 0.331 e. The number of benzene rings is 3. The Morgan fingerprint density at radius 1 is 0.763 bits per heavy atom. The van der Waals surface area contributed by atoms with Gasteiger partial charge in [-0.1, -0.05) is 55.0 Å². The van der Waals surface area contributed by atoms with Crippen LogP contribution in [0.25, 0.3) is 10.9 Å². The van der Waals surface area contributed by atoms with Gasteiger partial charge in [-0.15, -0.1) is 0 Å². The summed E-state index contributed by atoms with van der Waals surface area (Å²) in [6.45, 7) is 3.79. The van der Waals surface area contributed by atoms with Crippen molar-refractivity contribution in [3.05, 3.63) is 116 Å². The van der Waals surface area contributed by atoms with Gasteiger partial charge in [0.2, 0.25) is 0 Å². The summed E-state index contributed by atoms with van der Waals surface area (Å²) < 4.78 is 2.91. The molecule has 38 heavy (non-hydrogen) atoms. The lowest BCUT2D eigenvalue weighted by Crippen LogP contribution is -2.40. The number of aromatic nitrogens is 2. The molecular formula is C30H32N4O4. The van der Waals surface area contributed by atoms with Gasteiger partial charge in [-0.2, -0.15) is 0 Å². The summed E-state index contributed by atoms with van der Waals surface area (Å²) in [5.74, 6) is -0.604. The maximum absolute atomic E-state index is 13.5. The Hall–Kier alpha value is -4.01. The summed E-state index contributed by atoms with van der Waals surface area (Å²) >= 11 is 0. The Kier molecular flexibility index (Phi) is 7.81. The predicted molar refractivity (Wildman–Crippen MR) is 147 cm³/mol. The minimum Gasteiger partial charge on any atom is -0.299 e. The molecule has 8 heteroatoms. The van der Waals surface area contributed by atoms with Crippen LogP contribution < -0.4 is 16.7 Å². The van der Waals surface area contributed by atoms with Gasteiger partial charge in [0.1, 0.15) is 0 Å². The van der Waals surface area contributed by atoms with E-state index in [1.807, 2.05) is 6.07 Å². The first-order valence-electron chi connectivity index (χ1n) is 13.1. The Morgan fingerprint density at radius 2 is 1.39 bits per heavy atom. The first-order chi connectivity index (χ1) is 18.5. The molecule has 0 spiro atoms. The highest BCUT2D eigenvalue weighted by Crippen LogP contribution is 2.15. The zero-order valence-electron chi connectivity index (χ0n) is 21.3. The van der Waals surface area contributed by atoms with E-state index >= 15 is 0 Å². The lowest BCUT2D eigenvalue weighted by molar-refractivity contribution is 0.0706. The van der Waals surface area contributed by atoms with Gasteiger partial charge in [0, 0.05) is 18.7 Å². The molecule has 1 saturated heterocycles. The normalized spacial score (nSPS) is 14.0. The molecule has 0 atom stereocenters. The van der Waals surface area contributed by atoms with E-state index < -0.39 is 5.91 Å². The van der Waals surface area contributed by atoms with E-state index in [-0.39, 0.29) is 24.3 Å². The van der Waals surface area contributed by atoms with Crippen LogP contribution in [-0.4, -0.2) is 38.2 Å². The Bertz CT molecular complexity index is 1530. The maximum atomic E-state index is 13.5. The predicted octanol–water partition coefficient (Wildman–Crippen LogP) is 3.56. The van der Waals surface area contributed by atoms with E-state index in [2.05, 4.69) is 29.2 Å². The van der Waals surface area contributed by atoms with Crippen molar-refractivity contribution in [2.24, 2.45) is 0 Å². The summed E-state index contributed by atoms with van der Waals surface area (Å²) in [6, 6.07) is 22.2. The molecule has 0 unspecified atom stereocenters. The van der Waals surface area contributed by atoms with E-state index in [1.54, 1.807) is 52.5 Å². The van der Waals surface area contributed by atoms with Crippen molar-refractivity contribution in [3.8, 4) is 0 Å². The average molecular weight is 513 g/mol. The molecule has 2 heterocycles. The Balaban J connectivity index is 1.37. The lowest BCUT2D eigenvalue weighted by atomic mass is 10.1. The minimum atomic E-state index is -0.604. The van der Waals surface area contributed by atoms with Crippen LogP contribution in [0.4, 0.5) is 0 Å². The van der Waals surface area contributed by atoms with E-state index in [0.29, 0.717) is 22.9 Å². The number of likely N-dealkylation sites (tertiary alicyclic amines) is 1. The third-order valence-corrected chi connectivity index (χ3v) is 7.29. The van der Waals surface area contributed by atoms with Crippen molar-refractivity contribution in [3.63, 3.8) is 0 Å². The quantitative estimate of drug-likeness (QED) is 0.278. The van der Waals surface area contributed by atoms with E-state index in [9.17, 15) is 14.4 Å². The molecule has 1 aromatic heterocycles. The standard InChI is InChI=1S/C30H32N4O4/c35-28(31-38)25-14-12-24(13-15-25)21-34-27-7-3-2-6-26(27)29(36)33(30(34)37)19-16-22-8-10-23(11-9-22)20-32-17-4-1-5-18-32/h2-3,6-15,38H,1,4-5,16-21H2,(H,31,35). The Morgan fingerprint density at radius 3 is 2.11 bits per heavy atom. The van der Waals surface area contributed by atoms with Crippen LogP contribution in [0.1, 0.15) is 46.3 Å². The third kappa shape index (κ3) is 5.61. The number of hydrogen-bond donors (Lipinski definition) is 2.